The maximum Gasteiger partial charge on any atom is 0.158 e. The minimum atomic E-state index is -0.177. The number of ether oxygens (including phenoxy) is 2. The van der Waals surface area contributed by atoms with E-state index in [4.69, 9.17) is 9.47 Å². The normalized spacial score (nSPS) is 12.1. The summed E-state index contributed by atoms with van der Waals surface area (Å²) < 4.78 is 12.3. The van der Waals surface area contributed by atoms with Crippen molar-refractivity contribution >= 4 is 0 Å². The molecule has 2 heteroatoms. The average Bonchev–Trinajstić information content (AvgIpc) is 2.92. The number of hydrogen-bond donors (Lipinski definition) is 0. The van der Waals surface area contributed by atoms with E-state index in [1.165, 1.54) is 56.1 Å². The van der Waals surface area contributed by atoms with Crippen LogP contribution in [-0.2, 0) is 22.7 Å². The number of hydrogen-bond acceptors (Lipinski definition) is 2. The number of rotatable bonds is 21. The van der Waals surface area contributed by atoms with Gasteiger partial charge in [-0.05, 0) is 75.3 Å². The molecule has 0 spiro atoms. The molecule has 0 saturated carbocycles. The molecule has 0 aromatic heterocycles. The Labute approximate surface area is 221 Å². The average molecular weight is 489 g/mol. The van der Waals surface area contributed by atoms with Crippen LogP contribution in [0.5, 0.6) is 0 Å². The van der Waals surface area contributed by atoms with Crippen LogP contribution in [0.25, 0.3) is 0 Å². The van der Waals surface area contributed by atoms with Gasteiger partial charge in [-0.2, -0.15) is 0 Å². The molecule has 2 aromatic carbocycles. The van der Waals surface area contributed by atoms with Crippen LogP contribution < -0.4 is 0 Å². The lowest BCUT2D eigenvalue weighted by Crippen LogP contribution is -2.17. The molecule has 0 heterocycles. The molecule has 0 bridgehead atoms. The van der Waals surface area contributed by atoms with E-state index in [0.717, 1.165) is 32.1 Å². The molecular weight excluding hydrogens is 440 g/mol. The molecule has 0 amide bonds. The molecular formula is C34H48O2. The minimum Gasteiger partial charge on any atom is -0.348 e. The van der Waals surface area contributed by atoms with Gasteiger partial charge in [0, 0.05) is 0 Å². The molecule has 0 atom stereocenters. The molecule has 0 aliphatic heterocycles. The fraction of sp³-hybridized carbons (Fsp3) is 0.471. The summed E-state index contributed by atoms with van der Waals surface area (Å²) in [5.41, 5.74) is 2.36. The van der Waals surface area contributed by atoms with Crippen molar-refractivity contribution in [2.75, 3.05) is 0 Å². The highest BCUT2D eigenvalue weighted by atomic mass is 16.7. The Kier molecular flexibility index (Phi) is 18.1. The van der Waals surface area contributed by atoms with E-state index in [1.54, 1.807) is 0 Å². The van der Waals surface area contributed by atoms with E-state index in [2.05, 4.69) is 67.6 Å². The first-order chi connectivity index (χ1) is 17.9. The summed E-state index contributed by atoms with van der Waals surface area (Å²) in [4.78, 5) is 0. The van der Waals surface area contributed by atoms with E-state index < -0.39 is 0 Å². The van der Waals surface area contributed by atoms with Gasteiger partial charge in [0.05, 0.1) is 13.2 Å². The van der Waals surface area contributed by atoms with E-state index in [-0.39, 0.29) is 6.29 Å². The largest absolute Gasteiger partial charge is 0.348 e. The fourth-order valence-corrected chi connectivity index (χ4v) is 3.92. The SMILES string of the molecule is CCCCCC=CCCCC=CCC=CCCCCC(OCc1ccccc1)OCc1ccccc1. The summed E-state index contributed by atoms with van der Waals surface area (Å²) in [6, 6.07) is 20.7. The predicted octanol–water partition coefficient (Wildman–Crippen LogP) is 10.1. The molecule has 0 N–H and O–H groups in total. The molecule has 0 saturated heterocycles. The van der Waals surface area contributed by atoms with Crippen molar-refractivity contribution in [3.05, 3.63) is 108 Å². The van der Waals surface area contributed by atoms with Crippen molar-refractivity contribution in [3.63, 3.8) is 0 Å². The van der Waals surface area contributed by atoms with Crippen molar-refractivity contribution < 1.29 is 9.47 Å². The second kappa shape index (κ2) is 21.8. The van der Waals surface area contributed by atoms with Gasteiger partial charge < -0.3 is 9.47 Å². The molecule has 0 aliphatic rings. The van der Waals surface area contributed by atoms with Gasteiger partial charge in [0.15, 0.2) is 6.29 Å². The second-order valence-electron chi connectivity index (χ2n) is 9.38. The van der Waals surface area contributed by atoms with Crippen LogP contribution in [0.1, 0.15) is 95.1 Å². The molecule has 36 heavy (non-hydrogen) atoms. The van der Waals surface area contributed by atoms with Crippen molar-refractivity contribution in [1.29, 1.82) is 0 Å². The molecule has 0 fully saturated rings. The Morgan fingerprint density at radius 1 is 0.556 bits per heavy atom. The van der Waals surface area contributed by atoms with E-state index in [9.17, 15) is 0 Å². The van der Waals surface area contributed by atoms with Crippen molar-refractivity contribution in [2.45, 2.75) is 103 Å². The highest BCUT2D eigenvalue weighted by molar-refractivity contribution is 5.14. The summed E-state index contributed by atoms with van der Waals surface area (Å²) in [7, 11) is 0. The first kappa shape index (κ1) is 29.8. The number of unbranched alkanes of at least 4 members (excludes halogenated alkanes) is 7. The van der Waals surface area contributed by atoms with E-state index in [1.807, 2.05) is 36.4 Å². The third-order valence-electron chi connectivity index (χ3n) is 6.11. The van der Waals surface area contributed by atoms with Crippen molar-refractivity contribution in [2.24, 2.45) is 0 Å². The van der Waals surface area contributed by atoms with Crippen LogP contribution in [0.15, 0.2) is 97.1 Å². The molecule has 0 aliphatic carbocycles. The number of benzene rings is 2. The predicted molar refractivity (Wildman–Crippen MR) is 155 cm³/mol. The Morgan fingerprint density at radius 2 is 1.03 bits per heavy atom. The zero-order valence-electron chi connectivity index (χ0n) is 22.5. The standard InChI is InChI=1S/C34H48O2/c1-2-3-4-5-6-7-8-9-10-11-12-13-14-15-16-17-24-29-34(35-30-32-25-20-18-21-26-32)36-31-33-27-22-19-23-28-33/h6-7,11-12,14-15,18-23,25-28,34H,2-5,8-10,13,16-17,24,29-31H2,1H3. The third kappa shape index (κ3) is 16.3. The molecule has 2 aromatic rings. The summed E-state index contributed by atoms with van der Waals surface area (Å²) >= 11 is 0. The van der Waals surface area contributed by atoms with E-state index in [0.29, 0.717) is 13.2 Å². The molecule has 196 valence electrons. The smallest absolute Gasteiger partial charge is 0.158 e. The van der Waals surface area contributed by atoms with Gasteiger partial charge in [-0.15, -0.1) is 0 Å². The third-order valence-corrected chi connectivity index (χ3v) is 6.11. The first-order valence-corrected chi connectivity index (χ1v) is 14.1. The Hall–Kier alpha value is -2.42. The summed E-state index contributed by atoms with van der Waals surface area (Å²) in [5, 5.41) is 0. The molecule has 0 unspecified atom stereocenters. The summed E-state index contributed by atoms with van der Waals surface area (Å²) in [6.45, 7) is 3.43. The topological polar surface area (TPSA) is 18.5 Å². The van der Waals surface area contributed by atoms with Gasteiger partial charge in [0.25, 0.3) is 0 Å². The Balaban J connectivity index is 1.55. The molecule has 2 rings (SSSR count). The Bertz CT molecular complexity index is 779. The van der Waals surface area contributed by atoms with Crippen molar-refractivity contribution in [3.8, 4) is 0 Å². The summed E-state index contributed by atoms with van der Waals surface area (Å²) in [5.74, 6) is 0. The van der Waals surface area contributed by atoms with Gasteiger partial charge in [-0.3, -0.25) is 0 Å². The zero-order valence-corrected chi connectivity index (χ0v) is 22.5. The van der Waals surface area contributed by atoms with Crippen LogP contribution in [-0.4, -0.2) is 6.29 Å². The maximum atomic E-state index is 6.13. The van der Waals surface area contributed by atoms with Gasteiger partial charge >= 0.3 is 0 Å². The highest BCUT2D eigenvalue weighted by Gasteiger charge is 2.10. The van der Waals surface area contributed by atoms with Crippen molar-refractivity contribution in [1.82, 2.24) is 0 Å². The lowest BCUT2D eigenvalue weighted by atomic mass is 10.1. The lowest BCUT2D eigenvalue weighted by Gasteiger charge is -2.19. The molecule has 2 nitrogen and oxygen atoms in total. The van der Waals surface area contributed by atoms with Gasteiger partial charge in [0.1, 0.15) is 0 Å². The number of allylic oxidation sites excluding steroid dienone is 6. The minimum absolute atomic E-state index is 0.177. The van der Waals surface area contributed by atoms with Crippen LogP contribution in [0.2, 0.25) is 0 Å². The quantitative estimate of drug-likeness (QED) is 0.0988. The zero-order chi connectivity index (χ0) is 25.4. The second-order valence-corrected chi connectivity index (χ2v) is 9.38. The highest BCUT2D eigenvalue weighted by Crippen LogP contribution is 2.14. The van der Waals surface area contributed by atoms with Crippen LogP contribution in [0.4, 0.5) is 0 Å². The van der Waals surface area contributed by atoms with E-state index >= 15 is 0 Å². The maximum absolute atomic E-state index is 6.13. The van der Waals surface area contributed by atoms with Gasteiger partial charge in [-0.25, -0.2) is 0 Å². The lowest BCUT2D eigenvalue weighted by molar-refractivity contribution is -0.160. The Morgan fingerprint density at radius 3 is 1.56 bits per heavy atom. The van der Waals surface area contributed by atoms with Crippen LogP contribution in [0, 0.1) is 0 Å². The monoisotopic (exact) mass is 488 g/mol. The molecule has 0 radical (unpaired) electrons. The van der Waals surface area contributed by atoms with Gasteiger partial charge in [0.2, 0.25) is 0 Å². The fourth-order valence-electron chi connectivity index (χ4n) is 3.92. The first-order valence-electron chi connectivity index (χ1n) is 14.1. The van der Waals surface area contributed by atoms with Gasteiger partial charge in [-0.1, -0.05) is 117 Å². The van der Waals surface area contributed by atoms with Crippen LogP contribution >= 0.6 is 0 Å². The van der Waals surface area contributed by atoms with Crippen LogP contribution in [0.3, 0.4) is 0 Å². The summed E-state index contributed by atoms with van der Waals surface area (Å²) in [6.07, 6.45) is 28.0.